The lowest BCUT2D eigenvalue weighted by molar-refractivity contribution is 0.363. The summed E-state index contributed by atoms with van der Waals surface area (Å²) in [6.07, 6.45) is 0.212. The minimum atomic E-state index is -9.62. The Morgan fingerprint density at radius 3 is 2.42 bits per heavy atom. The van der Waals surface area contributed by atoms with Gasteiger partial charge in [-0.3, -0.25) is 0 Å². The molecule has 0 amide bonds. The van der Waals surface area contributed by atoms with Crippen molar-refractivity contribution in [3.63, 3.8) is 0 Å². The van der Waals surface area contributed by atoms with Crippen LogP contribution in [0.2, 0.25) is 0 Å². The highest BCUT2D eigenvalue weighted by atomic mass is 32.5. The molecule has 9 heteroatoms. The van der Waals surface area contributed by atoms with Crippen molar-refractivity contribution in [2.45, 2.75) is 17.9 Å². The number of halogens is 5. The fourth-order valence-corrected chi connectivity index (χ4v) is 2.51. The summed E-state index contributed by atoms with van der Waals surface area (Å²) in [5, 5.41) is 3.17. The van der Waals surface area contributed by atoms with Gasteiger partial charge in [0, 0.05) is 25.7 Å². The molecule has 0 saturated carbocycles. The van der Waals surface area contributed by atoms with Crippen LogP contribution in [0.3, 0.4) is 0 Å². The third-order valence-corrected chi connectivity index (χ3v) is 3.99. The number of aromatic nitrogens is 1. The van der Waals surface area contributed by atoms with Crippen LogP contribution in [0.4, 0.5) is 25.2 Å². The van der Waals surface area contributed by atoms with Gasteiger partial charge in [-0.1, -0.05) is 19.4 Å². The lowest BCUT2D eigenvalue weighted by atomic mass is 10.2. The second-order valence-electron chi connectivity index (χ2n) is 4.62. The molecular weight excluding hydrogens is 289 g/mol. The zero-order valence-corrected chi connectivity index (χ0v) is 10.9. The van der Waals surface area contributed by atoms with Gasteiger partial charge in [-0.2, -0.15) is 0 Å². The molecule has 0 spiro atoms. The number of hydrogen-bond donors (Lipinski definition) is 1. The molecule has 19 heavy (non-hydrogen) atoms. The van der Waals surface area contributed by atoms with Gasteiger partial charge in [0.25, 0.3) is 0 Å². The van der Waals surface area contributed by atoms with Crippen LogP contribution in [0.1, 0.15) is 6.92 Å². The molecule has 1 aromatic heterocycles. The summed E-state index contributed by atoms with van der Waals surface area (Å²) in [6, 6.07) is 1.56. The average Bonchev–Trinajstić information content (AvgIpc) is 2.26. The molecule has 1 atom stereocenters. The second kappa shape index (κ2) is 3.72. The van der Waals surface area contributed by atoms with Crippen molar-refractivity contribution in [3.8, 4) is 0 Å². The summed E-state index contributed by atoms with van der Waals surface area (Å²) >= 11 is 0. The van der Waals surface area contributed by atoms with Crippen molar-refractivity contribution in [3.05, 3.63) is 18.3 Å². The first-order valence-corrected chi connectivity index (χ1v) is 7.59. The summed E-state index contributed by atoms with van der Waals surface area (Å²) in [6.45, 7) is 3.75. The van der Waals surface area contributed by atoms with E-state index in [-0.39, 0.29) is 18.1 Å². The van der Waals surface area contributed by atoms with Crippen LogP contribution in [-0.4, -0.2) is 30.7 Å². The average molecular weight is 303 g/mol. The molecule has 0 bridgehead atoms. The van der Waals surface area contributed by atoms with E-state index in [1.54, 1.807) is 4.90 Å². The molecule has 1 aliphatic rings. The normalized spacial score (nSPS) is 24.7. The van der Waals surface area contributed by atoms with E-state index in [9.17, 15) is 19.4 Å². The lowest BCUT2D eigenvalue weighted by Gasteiger charge is -2.40. The minimum Gasteiger partial charge on any atom is -0.354 e. The molecule has 1 aromatic rings. The number of nitrogens with zero attached hydrogens (tertiary/aromatic N) is 2. The molecule has 0 unspecified atom stereocenters. The molecule has 2 heterocycles. The molecule has 1 N–H and O–H groups in total. The van der Waals surface area contributed by atoms with Crippen molar-refractivity contribution >= 4 is 16.0 Å². The highest BCUT2D eigenvalue weighted by molar-refractivity contribution is 8.45. The maximum atomic E-state index is 12.5. The molecule has 3 nitrogen and oxygen atoms in total. The lowest BCUT2D eigenvalue weighted by Crippen LogP contribution is -2.49. The third-order valence-electron chi connectivity index (χ3n) is 2.86. The van der Waals surface area contributed by atoms with Crippen LogP contribution in [0, 0.1) is 0 Å². The van der Waals surface area contributed by atoms with Crippen molar-refractivity contribution in [1.82, 2.24) is 10.3 Å². The van der Waals surface area contributed by atoms with Crippen molar-refractivity contribution < 1.29 is 19.4 Å². The second-order valence-corrected chi connectivity index (χ2v) is 7.03. The van der Waals surface area contributed by atoms with Gasteiger partial charge in [0.15, 0.2) is 0 Å². The fraction of sp³-hybridized carbons (Fsp3) is 0.500. The summed E-state index contributed by atoms with van der Waals surface area (Å²) < 4.78 is 62.6. The highest BCUT2D eigenvalue weighted by Gasteiger charge is 2.65. The monoisotopic (exact) mass is 303 g/mol. The highest BCUT2D eigenvalue weighted by Crippen LogP contribution is 3.02. The number of hydrogen-bond acceptors (Lipinski definition) is 3. The van der Waals surface area contributed by atoms with E-state index in [4.69, 9.17) is 0 Å². The molecule has 2 rings (SSSR count). The standard InChI is InChI=1S/C10H14F5N3S/c1-8-7-18(5-4-16-8)10-3-2-9(6-17-10)19(11,12,13,14)15/h2-3,6,8,16H,4-5,7H2,1H3/t8-/m0/s1. The van der Waals surface area contributed by atoms with E-state index in [0.717, 1.165) is 6.07 Å². The molecule has 0 aromatic carbocycles. The van der Waals surface area contributed by atoms with Gasteiger partial charge in [-0.15, -0.1) is 0 Å². The largest absolute Gasteiger partial charge is 0.354 e. The van der Waals surface area contributed by atoms with E-state index in [1.165, 1.54) is 0 Å². The maximum absolute atomic E-state index is 12.5. The Bertz CT molecular complexity index is 472. The quantitative estimate of drug-likeness (QED) is 0.847. The van der Waals surface area contributed by atoms with Crippen molar-refractivity contribution in [1.29, 1.82) is 0 Å². The van der Waals surface area contributed by atoms with Gasteiger partial charge >= 0.3 is 10.2 Å². The molecule has 0 radical (unpaired) electrons. The predicted molar refractivity (Wildman–Crippen MR) is 65.3 cm³/mol. The van der Waals surface area contributed by atoms with Crippen LogP contribution < -0.4 is 10.2 Å². The Morgan fingerprint density at radius 2 is 1.95 bits per heavy atom. The van der Waals surface area contributed by atoms with Crippen molar-refractivity contribution in [2.24, 2.45) is 0 Å². The first kappa shape index (κ1) is 14.3. The number of rotatable bonds is 2. The first-order chi connectivity index (χ1) is 8.45. The summed E-state index contributed by atoms with van der Waals surface area (Å²) in [5.41, 5.74) is 0. The van der Waals surface area contributed by atoms with E-state index in [1.807, 2.05) is 6.92 Å². The predicted octanol–water partition coefficient (Wildman–Crippen LogP) is 3.54. The summed E-state index contributed by atoms with van der Waals surface area (Å²) in [7, 11) is -9.62. The van der Waals surface area contributed by atoms with Crippen LogP contribution in [0.25, 0.3) is 0 Å². The van der Waals surface area contributed by atoms with Gasteiger partial charge in [0.05, 0.1) is 6.20 Å². The fourth-order valence-electron chi connectivity index (χ4n) is 1.93. The van der Waals surface area contributed by atoms with Gasteiger partial charge in [-0.05, 0) is 19.1 Å². The number of pyridine rings is 1. The maximum Gasteiger partial charge on any atom is 0.311 e. The van der Waals surface area contributed by atoms with Crippen LogP contribution in [0.15, 0.2) is 23.2 Å². The molecule has 0 aliphatic carbocycles. The molecular formula is C10H14F5N3S. The third kappa shape index (κ3) is 3.47. The summed E-state index contributed by atoms with van der Waals surface area (Å²) in [5.74, 6) is 0.277. The molecule has 110 valence electrons. The first-order valence-electron chi connectivity index (χ1n) is 5.64. The summed E-state index contributed by atoms with van der Waals surface area (Å²) in [4.78, 5) is 3.33. The van der Waals surface area contributed by atoms with Crippen LogP contribution in [-0.2, 0) is 0 Å². The topological polar surface area (TPSA) is 28.2 Å². The van der Waals surface area contributed by atoms with Gasteiger partial charge in [0.2, 0.25) is 0 Å². The number of nitrogens with one attached hydrogen (secondary N) is 1. The smallest absolute Gasteiger partial charge is 0.311 e. The van der Waals surface area contributed by atoms with Crippen LogP contribution in [0.5, 0.6) is 0 Å². The zero-order chi connectivity index (χ0) is 14.4. The minimum absolute atomic E-state index is 0.172. The Kier molecular flexibility index (Phi) is 2.81. The van der Waals surface area contributed by atoms with E-state index in [2.05, 4.69) is 10.3 Å². The SMILES string of the molecule is C[C@H]1CN(c2ccc(S(F)(F)(F)(F)F)cn2)CCN1. The van der Waals surface area contributed by atoms with E-state index < -0.39 is 15.1 Å². The number of anilines is 1. The molecule has 1 saturated heterocycles. The van der Waals surface area contributed by atoms with Gasteiger partial charge < -0.3 is 10.2 Å². The van der Waals surface area contributed by atoms with Gasteiger partial charge in [0.1, 0.15) is 10.7 Å². The number of piperazine rings is 1. The Balaban J connectivity index is 2.25. The van der Waals surface area contributed by atoms with Gasteiger partial charge in [-0.25, -0.2) is 4.98 Å². The Hall–Kier alpha value is -1.09. The van der Waals surface area contributed by atoms with E-state index in [0.29, 0.717) is 25.7 Å². The van der Waals surface area contributed by atoms with Crippen LogP contribution >= 0.6 is 10.2 Å². The molecule has 1 fully saturated rings. The molecule has 1 aliphatic heterocycles. The van der Waals surface area contributed by atoms with Crippen molar-refractivity contribution in [2.75, 3.05) is 24.5 Å². The van der Waals surface area contributed by atoms with E-state index >= 15 is 0 Å². The Labute approximate surface area is 107 Å². The zero-order valence-electron chi connectivity index (χ0n) is 10.1. The Morgan fingerprint density at radius 1 is 1.26 bits per heavy atom.